The molecule has 1 aliphatic rings. The van der Waals surface area contributed by atoms with Gasteiger partial charge in [0, 0.05) is 12.8 Å². The van der Waals surface area contributed by atoms with E-state index in [9.17, 15) is 30.0 Å². The molecule has 0 aliphatic carbocycles. The molecular formula is C42H70O10. The molecule has 1 heterocycles. The Morgan fingerprint density at radius 3 is 1.71 bits per heavy atom. The maximum Gasteiger partial charge on any atom is 0.306 e. The number of aliphatic hydroxyl groups excluding tert-OH is 4. The van der Waals surface area contributed by atoms with Crippen LogP contribution in [0, 0.1) is 0 Å². The fraction of sp³-hybridized carbons (Fsp3) is 0.714. The van der Waals surface area contributed by atoms with Crippen LogP contribution in [0.5, 0.6) is 0 Å². The fourth-order valence-corrected chi connectivity index (χ4v) is 5.51. The predicted octanol–water partition coefficient (Wildman–Crippen LogP) is 7.49. The Labute approximate surface area is 313 Å². The Morgan fingerprint density at radius 2 is 1.13 bits per heavy atom. The van der Waals surface area contributed by atoms with E-state index in [4.69, 9.17) is 18.9 Å². The second kappa shape index (κ2) is 33.0. The lowest BCUT2D eigenvalue weighted by atomic mass is 9.99. The van der Waals surface area contributed by atoms with Gasteiger partial charge in [0.25, 0.3) is 0 Å². The zero-order valence-corrected chi connectivity index (χ0v) is 32.0. The summed E-state index contributed by atoms with van der Waals surface area (Å²) in [5.41, 5.74) is 0. The first kappa shape index (κ1) is 47.4. The Hall–Kier alpha value is -2.60. The molecule has 6 atom stereocenters. The van der Waals surface area contributed by atoms with Gasteiger partial charge in [-0.05, 0) is 57.8 Å². The summed E-state index contributed by atoms with van der Waals surface area (Å²) >= 11 is 0. The molecule has 0 radical (unpaired) electrons. The molecule has 0 aromatic heterocycles. The van der Waals surface area contributed by atoms with Crippen molar-refractivity contribution in [1.82, 2.24) is 0 Å². The van der Waals surface area contributed by atoms with E-state index >= 15 is 0 Å². The lowest BCUT2D eigenvalue weighted by molar-refractivity contribution is -0.305. The Kier molecular flexibility index (Phi) is 30.1. The minimum Gasteiger partial charge on any atom is -0.462 e. The SMILES string of the molecule is CC/C=C/C/C=C/C/C=C/C/C=C/C/C=C/CCCCCC(=O)OC[C@@H](CO[C@H]1O[C@@H](CO)[C@@H](O)C(O)C1O)OC(=O)CCCCCCCCCC. The zero-order chi connectivity index (χ0) is 38.1. The van der Waals surface area contributed by atoms with Gasteiger partial charge in [-0.1, -0.05) is 126 Å². The molecule has 0 aromatic carbocycles. The van der Waals surface area contributed by atoms with Gasteiger partial charge in [-0.2, -0.15) is 0 Å². The van der Waals surface area contributed by atoms with Crippen molar-refractivity contribution in [2.75, 3.05) is 19.8 Å². The van der Waals surface area contributed by atoms with E-state index in [1.165, 1.54) is 25.7 Å². The third-order valence-electron chi connectivity index (χ3n) is 8.67. The molecule has 0 saturated carbocycles. The number of rotatable bonds is 31. The van der Waals surface area contributed by atoms with Crippen LogP contribution >= 0.6 is 0 Å². The minimum atomic E-state index is -1.60. The number of hydrogen-bond donors (Lipinski definition) is 4. The van der Waals surface area contributed by atoms with Crippen molar-refractivity contribution in [1.29, 1.82) is 0 Å². The van der Waals surface area contributed by atoms with Gasteiger partial charge >= 0.3 is 11.9 Å². The first-order valence-electron chi connectivity index (χ1n) is 19.9. The number of hydrogen-bond acceptors (Lipinski definition) is 10. The quantitative estimate of drug-likeness (QED) is 0.0320. The molecule has 52 heavy (non-hydrogen) atoms. The predicted molar refractivity (Wildman–Crippen MR) is 205 cm³/mol. The van der Waals surface area contributed by atoms with Gasteiger partial charge in [-0.3, -0.25) is 9.59 Å². The molecule has 1 fully saturated rings. The minimum absolute atomic E-state index is 0.220. The Balaban J connectivity index is 2.36. The van der Waals surface area contributed by atoms with Crippen molar-refractivity contribution in [3.05, 3.63) is 60.8 Å². The summed E-state index contributed by atoms with van der Waals surface area (Å²) in [7, 11) is 0. The van der Waals surface area contributed by atoms with Crippen molar-refractivity contribution >= 4 is 11.9 Å². The summed E-state index contributed by atoms with van der Waals surface area (Å²) in [5.74, 6) is -0.855. The lowest BCUT2D eigenvalue weighted by Crippen LogP contribution is -2.59. The highest BCUT2D eigenvalue weighted by atomic mass is 16.7. The first-order valence-corrected chi connectivity index (χ1v) is 19.9. The van der Waals surface area contributed by atoms with E-state index in [1.54, 1.807) is 0 Å². The van der Waals surface area contributed by atoms with Crippen LogP contribution < -0.4 is 0 Å². The van der Waals surface area contributed by atoms with Gasteiger partial charge < -0.3 is 39.4 Å². The van der Waals surface area contributed by atoms with Crippen LogP contribution in [0.15, 0.2) is 60.8 Å². The van der Waals surface area contributed by atoms with Crippen molar-refractivity contribution in [3.63, 3.8) is 0 Å². The molecule has 1 saturated heterocycles. The summed E-state index contributed by atoms with van der Waals surface area (Å²) in [6, 6.07) is 0. The third-order valence-corrected chi connectivity index (χ3v) is 8.67. The maximum absolute atomic E-state index is 12.6. The Morgan fingerprint density at radius 1 is 0.615 bits per heavy atom. The van der Waals surface area contributed by atoms with Crippen LogP contribution in [-0.2, 0) is 28.5 Å². The van der Waals surface area contributed by atoms with Gasteiger partial charge in [0.1, 0.15) is 31.0 Å². The molecule has 4 N–H and O–H groups in total. The number of ether oxygens (including phenoxy) is 4. The second-order valence-electron chi connectivity index (χ2n) is 13.4. The molecule has 10 heteroatoms. The summed E-state index contributed by atoms with van der Waals surface area (Å²) < 4.78 is 22.0. The summed E-state index contributed by atoms with van der Waals surface area (Å²) in [5, 5.41) is 39.9. The van der Waals surface area contributed by atoms with E-state index in [0.717, 1.165) is 70.6 Å². The monoisotopic (exact) mass is 734 g/mol. The van der Waals surface area contributed by atoms with Crippen molar-refractivity contribution in [2.45, 2.75) is 173 Å². The van der Waals surface area contributed by atoms with Crippen molar-refractivity contribution in [2.24, 2.45) is 0 Å². The second-order valence-corrected chi connectivity index (χ2v) is 13.4. The summed E-state index contributed by atoms with van der Waals surface area (Å²) in [4.78, 5) is 25.1. The van der Waals surface area contributed by atoms with E-state index in [2.05, 4.69) is 74.6 Å². The van der Waals surface area contributed by atoms with Gasteiger partial charge in [0.05, 0.1) is 13.2 Å². The number of aliphatic hydroxyl groups is 4. The van der Waals surface area contributed by atoms with Crippen LogP contribution in [-0.4, -0.2) is 89.0 Å². The molecule has 0 bridgehead atoms. The summed E-state index contributed by atoms with van der Waals surface area (Å²) in [6.45, 7) is 3.21. The number of carbonyl (C=O) groups is 2. The van der Waals surface area contributed by atoms with Crippen LogP contribution in [0.25, 0.3) is 0 Å². The number of carbonyl (C=O) groups excluding carboxylic acids is 2. The highest BCUT2D eigenvalue weighted by Crippen LogP contribution is 2.22. The van der Waals surface area contributed by atoms with E-state index in [0.29, 0.717) is 12.8 Å². The topological polar surface area (TPSA) is 152 Å². The van der Waals surface area contributed by atoms with Gasteiger partial charge in [0.2, 0.25) is 0 Å². The molecule has 298 valence electrons. The molecule has 1 aliphatic heterocycles. The van der Waals surface area contributed by atoms with Gasteiger partial charge in [0.15, 0.2) is 12.4 Å². The molecule has 10 nitrogen and oxygen atoms in total. The third kappa shape index (κ3) is 24.6. The molecular weight excluding hydrogens is 664 g/mol. The first-order chi connectivity index (χ1) is 25.3. The summed E-state index contributed by atoms with van der Waals surface area (Å²) in [6.07, 6.45) is 31.0. The van der Waals surface area contributed by atoms with Crippen LogP contribution in [0.3, 0.4) is 0 Å². The van der Waals surface area contributed by atoms with E-state index in [-0.39, 0.29) is 26.1 Å². The normalized spacial score (nSPS) is 21.7. The van der Waals surface area contributed by atoms with Crippen LogP contribution in [0.4, 0.5) is 0 Å². The lowest BCUT2D eigenvalue weighted by Gasteiger charge is -2.39. The molecule has 0 aromatic rings. The highest BCUT2D eigenvalue weighted by molar-refractivity contribution is 5.70. The molecule has 0 spiro atoms. The van der Waals surface area contributed by atoms with E-state index < -0.39 is 55.4 Å². The molecule has 1 rings (SSSR count). The Bertz CT molecular complexity index is 1030. The highest BCUT2D eigenvalue weighted by Gasteiger charge is 2.44. The van der Waals surface area contributed by atoms with Gasteiger partial charge in [-0.15, -0.1) is 0 Å². The molecule has 2 unspecified atom stereocenters. The standard InChI is InChI=1S/C42H70O10/c1-3-5-7-9-11-13-14-15-16-17-18-19-20-21-22-23-25-26-28-30-37(44)49-33-35(51-38(45)31-29-27-24-12-10-8-6-4-2)34-50-42-41(48)40(47)39(46)36(32-43)52-42/h5,7,11,13,15-16,18-19,21-22,35-36,39-43,46-48H,3-4,6,8-10,12,14,17,20,23-34H2,1-2H3/b7-5+,13-11+,16-15+,19-18+,22-21+/t35-,36-,39+,40?,41?,42-/m0/s1. The fourth-order valence-electron chi connectivity index (χ4n) is 5.51. The van der Waals surface area contributed by atoms with Crippen LogP contribution in [0.1, 0.15) is 136 Å². The average molecular weight is 735 g/mol. The van der Waals surface area contributed by atoms with Gasteiger partial charge in [-0.25, -0.2) is 0 Å². The average Bonchev–Trinajstić information content (AvgIpc) is 3.14. The van der Waals surface area contributed by atoms with Crippen molar-refractivity contribution < 1.29 is 49.0 Å². The van der Waals surface area contributed by atoms with Crippen molar-refractivity contribution in [3.8, 4) is 0 Å². The maximum atomic E-state index is 12.6. The number of allylic oxidation sites excluding steroid dienone is 10. The smallest absolute Gasteiger partial charge is 0.306 e. The van der Waals surface area contributed by atoms with E-state index in [1.807, 2.05) is 0 Å². The zero-order valence-electron chi connectivity index (χ0n) is 32.0. The van der Waals surface area contributed by atoms with Crippen LogP contribution in [0.2, 0.25) is 0 Å². The molecule has 0 amide bonds. The largest absolute Gasteiger partial charge is 0.462 e. The number of unbranched alkanes of at least 4 members (excludes halogenated alkanes) is 10. The number of esters is 2.